The lowest BCUT2D eigenvalue weighted by Crippen LogP contribution is -2.36. The van der Waals surface area contributed by atoms with E-state index >= 15 is 0 Å². The molecule has 1 aromatic heterocycles. The Bertz CT molecular complexity index is 723. The van der Waals surface area contributed by atoms with Gasteiger partial charge in [0.25, 0.3) is 0 Å². The van der Waals surface area contributed by atoms with Crippen LogP contribution in [0.15, 0.2) is 34.6 Å². The fourth-order valence-corrected chi connectivity index (χ4v) is 2.83. The molecule has 0 saturated heterocycles. The number of rotatable bonds is 6. The molecule has 0 amide bonds. The number of anilines is 1. The second-order valence-electron chi connectivity index (χ2n) is 5.73. The minimum Gasteiger partial charge on any atom is -0.378 e. The van der Waals surface area contributed by atoms with Gasteiger partial charge in [0.1, 0.15) is 5.01 Å². The summed E-state index contributed by atoms with van der Waals surface area (Å²) in [4.78, 5) is 10.1. The van der Waals surface area contributed by atoms with Crippen molar-refractivity contribution in [3.63, 3.8) is 0 Å². The van der Waals surface area contributed by atoms with Crippen molar-refractivity contribution in [1.29, 1.82) is 0 Å². The number of alkyl halides is 3. The zero-order chi connectivity index (χ0) is 19.2. The van der Waals surface area contributed by atoms with Crippen LogP contribution in [-0.2, 0) is 19.3 Å². The van der Waals surface area contributed by atoms with Gasteiger partial charge in [-0.25, -0.2) is 9.98 Å². The Kier molecular flexibility index (Phi) is 6.84. The van der Waals surface area contributed by atoms with Crippen LogP contribution in [0.5, 0.6) is 0 Å². The Morgan fingerprint density at radius 2 is 1.88 bits per heavy atom. The van der Waals surface area contributed by atoms with E-state index in [2.05, 4.69) is 20.6 Å². The second-order valence-corrected chi connectivity index (χ2v) is 6.68. The molecule has 0 unspecified atom stereocenters. The molecule has 0 atom stereocenters. The van der Waals surface area contributed by atoms with Crippen LogP contribution in [-0.4, -0.2) is 31.6 Å². The largest absolute Gasteiger partial charge is 0.434 e. The minimum absolute atomic E-state index is 0.187. The van der Waals surface area contributed by atoms with Crippen molar-refractivity contribution in [1.82, 2.24) is 15.6 Å². The summed E-state index contributed by atoms with van der Waals surface area (Å²) in [6.07, 6.45) is -4.41. The summed E-state index contributed by atoms with van der Waals surface area (Å²) in [6.45, 7) is 3.23. The number of thiazole rings is 1. The smallest absolute Gasteiger partial charge is 0.378 e. The average molecular weight is 385 g/mol. The molecule has 2 aromatic rings. The number of nitrogens with zero attached hydrogens (tertiary/aromatic N) is 3. The molecule has 0 saturated carbocycles. The third kappa shape index (κ3) is 5.91. The van der Waals surface area contributed by atoms with Gasteiger partial charge in [0, 0.05) is 31.7 Å². The number of halogens is 3. The van der Waals surface area contributed by atoms with Gasteiger partial charge in [-0.05, 0) is 24.6 Å². The highest BCUT2D eigenvalue weighted by Gasteiger charge is 2.33. The Morgan fingerprint density at radius 1 is 1.19 bits per heavy atom. The molecule has 1 aromatic carbocycles. The molecular weight excluding hydrogens is 363 g/mol. The molecule has 5 nitrogen and oxygen atoms in total. The molecule has 0 bridgehead atoms. The number of hydrogen-bond acceptors (Lipinski definition) is 4. The van der Waals surface area contributed by atoms with E-state index < -0.39 is 11.9 Å². The quantitative estimate of drug-likeness (QED) is 0.591. The van der Waals surface area contributed by atoms with Crippen molar-refractivity contribution < 1.29 is 13.2 Å². The van der Waals surface area contributed by atoms with E-state index in [9.17, 15) is 13.2 Å². The van der Waals surface area contributed by atoms with Crippen LogP contribution < -0.4 is 15.5 Å². The van der Waals surface area contributed by atoms with Crippen LogP contribution in [0.2, 0.25) is 0 Å². The van der Waals surface area contributed by atoms with Crippen molar-refractivity contribution in [3.05, 3.63) is 45.9 Å². The number of guanidine groups is 1. The fourth-order valence-electron chi connectivity index (χ4n) is 2.09. The van der Waals surface area contributed by atoms with Gasteiger partial charge in [0.2, 0.25) is 0 Å². The van der Waals surface area contributed by atoms with Crippen LogP contribution >= 0.6 is 11.3 Å². The Labute approximate surface area is 155 Å². The highest BCUT2D eigenvalue weighted by atomic mass is 32.1. The summed E-state index contributed by atoms with van der Waals surface area (Å²) in [5.74, 6) is 0.535. The van der Waals surface area contributed by atoms with Gasteiger partial charge in [-0.1, -0.05) is 12.1 Å². The first-order valence-corrected chi connectivity index (χ1v) is 8.97. The van der Waals surface area contributed by atoms with Gasteiger partial charge < -0.3 is 15.5 Å². The summed E-state index contributed by atoms with van der Waals surface area (Å²) >= 11 is 0.974. The van der Waals surface area contributed by atoms with Gasteiger partial charge >= 0.3 is 6.18 Å². The number of aliphatic imine (C=N–C) groups is 1. The maximum absolute atomic E-state index is 12.6. The van der Waals surface area contributed by atoms with Gasteiger partial charge in [0.15, 0.2) is 11.7 Å². The molecule has 0 aliphatic rings. The van der Waals surface area contributed by atoms with E-state index in [1.807, 2.05) is 50.2 Å². The van der Waals surface area contributed by atoms with E-state index in [1.165, 1.54) is 0 Å². The third-order valence-electron chi connectivity index (χ3n) is 3.47. The molecule has 0 radical (unpaired) electrons. The first-order valence-electron chi connectivity index (χ1n) is 8.09. The highest BCUT2D eigenvalue weighted by molar-refractivity contribution is 7.09. The number of hydrogen-bond donors (Lipinski definition) is 2. The lowest BCUT2D eigenvalue weighted by Gasteiger charge is -2.13. The van der Waals surface area contributed by atoms with Gasteiger partial charge in [0.05, 0.1) is 13.1 Å². The zero-order valence-electron chi connectivity index (χ0n) is 14.9. The second kappa shape index (κ2) is 8.88. The van der Waals surface area contributed by atoms with Crippen LogP contribution in [0.3, 0.4) is 0 Å². The fraction of sp³-hybridized carbons (Fsp3) is 0.412. The monoisotopic (exact) mass is 385 g/mol. The Hall–Kier alpha value is -2.29. The molecule has 26 heavy (non-hydrogen) atoms. The van der Waals surface area contributed by atoms with Crippen LogP contribution in [0.4, 0.5) is 18.9 Å². The molecular formula is C17H22F3N5S. The molecule has 0 spiro atoms. The van der Waals surface area contributed by atoms with E-state index in [-0.39, 0.29) is 6.54 Å². The minimum atomic E-state index is -4.41. The van der Waals surface area contributed by atoms with Crippen LogP contribution in [0, 0.1) is 0 Å². The van der Waals surface area contributed by atoms with Crippen molar-refractivity contribution in [2.75, 3.05) is 25.5 Å². The normalized spacial score (nSPS) is 12.2. The Balaban J connectivity index is 1.97. The molecule has 0 fully saturated rings. The molecule has 142 valence electrons. The molecule has 0 aliphatic heterocycles. The molecule has 2 N–H and O–H groups in total. The van der Waals surface area contributed by atoms with Gasteiger partial charge in [-0.15, -0.1) is 11.3 Å². The maximum Gasteiger partial charge on any atom is 0.434 e. The van der Waals surface area contributed by atoms with E-state index in [4.69, 9.17) is 0 Å². The lowest BCUT2D eigenvalue weighted by molar-refractivity contribution is -0.140. The first-order chi connectivity index (χ1) is 12.3. The SMILES string of the molecule is CCNC(=NCc1ccc(N(C)C)cc1)NCc1nc(C(F)(F)F)cs1. The van der Waals surface area contributed by atoms with E-state index in [1.54, 1.807) is 0 Å². The number of nitrogens with one attached hydrogen (secondary N) is 2. The zero-order valence-corrected chi connectivity index (χ0v) is 15.7. The Morgan fingerprint density at radius 3 is 2.42 bits per heavy atom. The van der Waals surface area contributed by atoms with Crippen molar-refractivity contribution in [3.8, 4) is 0 Å². The van der Waals surface area contributed by atoms with Crippen LogP contribution in [0.25, 0.3) is 0 Å². The van der Waals surface area contributed by atoms with E-state index in [0.717, 1.165) is 28.0 Å². The standard InChI is InChI=1S/C17H22F3N5S/c1-4-21-16(22-9-12-5-7-13(8-6-12)25(2)3)23-10-15-24-14(11-26-15)17(18,19)20/h5-8,11H,4,9-10H2,1-3H3,(H2,21,22,23). The predicted molar refractivity (Wildman–Crippen MR) is 99.5 cm³/mol. The summed E-state index contributed by atoms with van der Waals surface area (Å²) in [6, 6.07) is 8.02. The molecule has 2 rings (SSSR count). The summed E-state index contributed by atoms with van der Waals surface area (Å²) < 4.78 is 37.8. The van der Waals surface area contributed by atoms with Crippen LogP contribution in [0.1, 0.15) is 23.2 Å². The van der Waals surface area contributed by atoms with Gasteiger partial charge in [-0.3, -0.25) is 0 Å². The summed E-state index contributed by atoms with van der Waals surface area (Å²) in [5.41, 5.74) is 1.29. The van der Waals surface area contributed by atoms with Gasteiger partial charge in [-0.2, -0.15) is 13.2 Å². The molecule has 0 aliphatic carbocycles. The van der Waals surface area contributed by atoms with Crippen molar-refractivity contribution >= 4 is 23.0 Å². The summed E-state index contributed by atoms with van der Waals surface area (Å²) in [7, 11) is 3.95. The van der Waals surface area contributed by atoms with Crippen molar-refractivity contribution in [2.24, 2.45) is 4.99 Å². The topological polar surface area (TPSA) is 52.6 Å². The number of aromatic nitrogens is 1. The lowest BCUT2D eigenvalue weighted by atomic mass is 10.2. The highest BCUT2D eigenvalue weighted by Crippen LogP contribution is 2.29. The average Bonchev–Trinajstić information content (AvgIpc) is 3.07. The summed E-state index contributed by atoms with van der Waals surface area (Å²) in [5, 5.41) is 7.47. The maximum atomic E-state index is 12.6. The first kappa shape index (κ1) is 20.0. The molecule has 1 heterocycles. The van der Waals surface area contributed by atoms with Crippen molar-refractivity contribution in [2.45, 2.75) is 26.2 Å². The molecule has 9 heteroatoms. The third-order valence-corrected chi connectivity index (χ3v) is 4.31. The number of benzene rings is 1. The predicted octanol–water partition coefficient (Wildman–Crippen LogP) is 3.48. The van der Waals surface area contributed by atoms with E-state index in [0.29, 0.717) is 24.1 Å².